The van der Waals surface area contributed by atoms with E-state index >= 15 is 0 Å². The Hall–Kier alpha value is -1.93. The van der Waals surface area contributed by atoms with Gasteiger partial charge in [-0.05, 0) is 37.5 Å². The number of amides is 2. The highest BCUT2D eigenvalue weighted by Crippen LogP contribution is 2.18. The molecule has 1 aromatic carbocycles. The van der Waals surface area contributed by atoms with Crippen molar-refractivity contribution in [2.45, 2.75) is 40.0 Å². The van der Waals surface area contributed by atoms with Crippen molar-refractivity contribution < 1.29 is 18.0 Å². The van der Waals surface area contributed by atoms with Gasteiger partial charge in [-0.25, -0.2) is 8.42 Å². The van der Waals surface area contributed by atoms with Crippen molar-refractivity contribution in [3.63, 3.8) is 0 Å². The van der Waals surface area contributed by atoms with Gasteiger partial charge in [0, 0.05) is 31.9 Å². The molecule has 0 radical (unpaired) electrons. The molecule has 0 aliphatic carbocycles. The number of unbranched alkanes of at least 4 members (excludes halogenated alkanes) is 2. The molecule has 2 amide bonds. The van der Waals surface area contributed by atoms with Crippen LogP contribution in [0.5, 0.6) is 0 Å². The fraction of sp³-hybridized carbons (Fsp3) is 0.619. The van der Waals surface area contributed by atoms with Crippen LogP contribution in [-0.2, 0) is 19.4 Å². The number of aryl methyl sites for hydroxylation is 1. The van der Waals surface area contributed by atoms with Gasteiger partial charge in [-0.3, -0.25) is 14.5 Å². The van der Waals surface area contributed by atoms with Crippen molar-refractivity contribution in [2.24, 2.45) is 0 Å². The third-order valence-corrected chi connectivity index (χ3v) is 6.97. The van der Waals surface area contributed by atoms with E-state index in [1.54, 1.807) is 4.90 Å². The van der Waals surface area contributed by atoms with Crippen LogP contribution in [0.25, 0.3) is 0 Å². The number of rotatable bonds is 9. The van der Waals surface area contributed by atoms with Crippen molar-refractivity contribution in [3.05, 3.63) is 29.3 Å². The molecule has 1 fully saturated rings. The van der Waals surface area contributed by atoms with E-state index in [1.165, 1.54) is 0 Å². The second kappa shape index (κ2) is 10.7. The molecule has 29 heavy (non-hydrogen) atoms. The molecule has 1 aromatic rings. The fourth-order valence-electron chi connectivity index (χ4n) is 3.36. The maximum atomic E-state index is 12.4. The van der Waals surface area contributed by atoms with Crippen LogP contribution in [0, 0.1) is 13.8 Å². The molecule has 0 unspecified atom stereocenters. The zero-order valence-electron chi connectivity index (χ0n) is 17.7. The largest absolute Gasteiger partial charge is 0.339 e. The number of hydrogen-bond acceptors (Lipinski definition) is 5. The first-order valence-corrected chi connectivity index (χ1v) is 12.1. The zero-order valence-corrected chi connectivity index (χ0v) is 18.6. The lowest BCUT2D eigenvalue weighted by molar-refractivity contribution is -0.130. The number of sulfone groups is 1. The molecule has 0 bridgehead atoms. The monoisotopic (exact) mass is 423 g/mol. The Bertz CT molecular complexity index is 815. The Morgan fingerprint density at radius 2 is 1.76 bits per heavy atom. The second-order valence-electron chi connectivity index (χ2n) is 7.75. The van der Waals surface area contributed by atoms with E-state index in [0.717, 1.165) is 29.7 Å². The van der Waals surface area contributed by atoms with Gasteiger partial charge in [-0.1, -0.05) is 31.9 Å². The molecule has 1 aliphatic rings. The van der Waals surface area contributed by atoms with E-state index in [9.17, 15) is 18.0 Å². The molecule has 1 aliphatic heterocycles. The van der Waals surface area contributed by atoms with E-state index in [2.05, 4.69) is 5.32 Å². The Labute approximate surface area is 174 Å². The number of anilines is 1. The van der Waals surface area contributed by atoms with Gasteiger partial charge in [0.2, 0.25) is 11.8 Å². The summed E-state index contributed by atoms with van der Waals surface area (Å²) in [5, 5.41) is 2.95. The maximum Gasteiger partial charge on any atom is 0.238 e. The van der Waals surface area contributed by atoms with Crippen molar-refractivity contribution in [2.75, 3.05) is 49.5 Å². The lowest BCUT2D eigenvalue weighted by atomic mass is 10.1. The van der Waals surface area contributed by atoms with E-state index in [4.69, 9.17) is 0 Å². The fourth-order valence-corrected chi connectivity index (χ4v) is 4.71. The summed E-state index contributed by atoms with van der Waals surface area (Å²) in [6.07, 6.45) is 2.41. The molecule has 0 atom stereocenters. The van der Waals surface area contributed by atoms with Gasteiger partial charge in [0.25, 0.3) is 0 Å². The minimum atomic E-state index is -3.35. The van der Waals surface area contributed by atoms with Crippen LogP contribution >= 0.6 is 0 Å². The molecule has 7 nitrogen and oxygen atoms in total. The number of benzene rings is 1. The summed E-state index contributed by atoms with van der Waals surface area (Å²) in [4.78, 5) is 28.3. The average molecular weight is 424 g/mol. The van der Waals surface area contributed by atoms with Gasteiger partial charge in [0.15, 0.2) is 9.84 Å². The maximum absolute atomic E-state index is 12.4. The van der Waals surface area contributed by atoms with Crippen LogP contribution < -0.4 is 5.32 Å². The quantitative estimate of drug-likeness (QED) is 0.614. The minimum absolute atomic E-state index is 0.0745. The predicted molar refractivity (Wildman–Crippen MR) is 116 cm³/mol. The van der Waals surface area contributed by atoms with Crippen LogP contribution in [0.4, 0.5) is 5.69 Å². The number of hydrogen-bond donors (Lipinski definition) is 1. The Morgan fingerprint density at radius 3 is 2.41 bits per heavy atom. The molecule has 1 saturated heterocycles. The normalized spacial score (nSPS) is 15.3. The van der Waals surface area contributed by atoms with Crippen LogP contribution in [0.3, 0.4) is 0 Å². The first-order valence-electron chi connectivity index (χ1n) is 10.3. The number of piperazine rings is 1. The van der Waals surface area contributed by atoms with Crippen molar-refractivity contribution >= 4 is 27.3 Å². The summed E-state index contributed by atoms with van der Waals surface area (Å²) in [5.41, 5.74) is 2.99. The highest BCUT2D eigenvalue weighted by Gasteiger charge is 2.26. The average Bonchev–Trinajstić information content (AvgIpc) is 2.65. The zero-order chi connectivity index (χ0) is 21.4. The van der Waals surface area contributed by atoms with Gasteiger partial charge in [-0.2, -0.15) is 0 Å². The highest BCUT2D eigenvalue weighted by atomic mass is 32.2. The Morgan fingerprint density at radius 1 is 1.07 bits per heavy atom. The summed E-state index contributed by atoms with van der Waals surface area (Å²) >= 11 is 0. The second-order valence-corrected chi connectivity index (χ2v) is 9.94. The molecule has 0 aromatic heterocycles. The van der Waals surface area contributed by atoms with Crippen LogP contribution in [0.15, 0.2) is 18.2 Å². The highest BCUT2D eigenvalue weighted by molar-refractivity contribution is 7.92. The van der Waals surface area contributed by atoms with Crippen LogP contribution in [0.2, 0.25) is 0 Å². The first-order chi connectivity index (χ1) is 13.7. The summed E-state index contributed by atoms with van der Waals surface area (Å²) in [6, 6.07) is 5.81. The third kappa shape index (κ3) is 7.44. The topological polar surface area (TPSA) is 86.8 Å². The molecular weight excluding hydrogens is 390 g/mol. The number of nitrogens with zero attached hydrogens (tertiary/aromatic N) is 2. The van der Waals surface area contributed by atoms with Crippen LogP contribution in [-0.4, -0.2) is 74.3 Å². The molecule has 0 saturated carbocycles. The Kier molecular flexibility index (Phi) is 8.64. The summed E-state index contributed by atoms with van der Waals surface area (Å²) in [5.74, 6) is -0.757. The van der Waals surface area contributed by atoms with E-state index in [1.807, 2.05) is 43.9 Å². The lowest BCUT2D eigenvalue weighted by Gasteiger charge is -2.34. The molecular formula is C21H33N3O4S. The molecule has 1 heterocycles. The van der Waals surface area contributed by atoms with E-state index in [0.29, 0.717) is 32.6 Å². The summed E-state index contributed by atoms with van der Waals surface area (Å²) in [7, 11) is -3.35. The van der Waals surface area contributed by atoms with Gasteiger partial charge in [-0.15, -0.1) is 0 Å². The first kappa shape index (κ1) is 23.3. The van der Waals surface area contributed by atoms with Gasteiger partial charge in [0.05, 0.1) is 12.3 Å². The smallest absolute Gasteiger partial charge is 0.238 e. The predicted octanol–water partition coefficient (Wildman–Crippen LogP) is 1.99. The van der Waals surface area contributed by atoms with Crippen molar-refractivity contribution in [1.29, 1.82) is 0 Å². The van der Waals surface area contributed by atoms with E-state index in [-0.39, 0.29) is 24.1 Å². The van der Waals surface area contributed by atoms with Crippen LogP contribution in [0.1, 0.15) is 37.3 Å². The van der Waals surface area contributed by atoms with Crippen molar-refractivity contribution in [3.8, 4) is 0 Å². The van der Waals surface area contributed by atoms with Gasteiger partial charge < -0.3 is 10.2 Å². The lowest BCUT2D eigenvalue weighted by Crippen LogP contribution is -2.51. The third-order valence-electron chi connectivity index (χ3n) is 5.37. The molecule has 162 valence electrons. The number of carbonyl (C=O) groups is 2. The Balaban J connectivity index is 1.77. The molecule has 8 heteroatoms. The van der Waals surface area contributed by atoms with E-state index < -0.39 is 15.6 Å². The van der Waals surface area contributed by atoms with Gasteiger partial charge >= 0.3 is 0 Å². The minimum Gasteiger partial charge on any atom is -0.339 e. The molecule has 2 rings (SSSR count). The molecule has 0 spiro atoms. The summed E-state index contributed by atoms with van der Waals surface area (Å²) < 4.78 is 24.2. The SMILES string of the molecule is CCCCCS(=O)(=O)CC(=O)N1CCN(CC(=O)Nc2cccc(C)c2C)CC1. The van der Waals surface area contributed by atoms with Crippen molar-refractivity contribution in [1.82, 2.24) is 9.80 Å². The number of nitrogens with one attached hydrogen (secondary N) is 1. The standard InChI is InChI=1S/C21H33N3O4S/c1-4-5-6-14-29(27,28)16-21(26)24-12-10-23(11-13-24)15-20(25)22-19-9-7-8-17(2)18(19)3/h7-9H,4-6,10-16H2,1-3H3,(H,22,25). The summed E-state index contributed by atoms with van der Waals surface area (Å²) in [6.45, 7) is 8.25. The van der Waals surface area contributed by atoms with Gasteiger partial charge in [0.1, 0.15) is 5.75 Å². The number of carbonyl (C=O) groups excluding carboxylic acids is 2. The molecule has 1 N–H and O–H groups in total.